The zero-order valence-corrected chi connectivity index (χ0v) is 5.37. The van der Waals surface area contributed by atoms with Crippen LogP contribution in [0, 0.1) is 12.3 Å². The lowest BCUT2D eigenvalue weighted by Crippen LogP contribution is -2.12. The molecule has 1 aromatic rings. The van der Waals surface area contributed by atoms with Crippen LogP contribution < -0.4 is 5.32 Å². The van der Waals surface area contributed by atoms with Crippen LogP contribution in [0.5, 0.6) is 0 Å². The Kier molecular flexibility index (Phi) is 2.47. The van der Waals surface area contributed by atoms with Crippen molar-refractivity contribution in [1.29, 1.82) is 0 Å². The Bertz CT molecular complexity index is 211. The van der Waals surface area contributed by atoms with Gasteiger partial charge in [0.2, 0.25) is 5.89 Å². The van der Waals surface area contributed by atoms with Crippen LogP contribution in [0.3, 0.4) is 0 Å². The molecule has 0 unspecified atom stereocenters. The zero-order chi connectivity index (χ0) is 7.23. The summed E-state index contributed by atoms with van der Waals surface area (Å²) < 4.78 is 4.69. The number of aromatic nitrogens is 2. The van der Waals surface area contributed by atoms with Crippen LogP contribution in [-0.4, -0.2) is 16.7 Å². The van der Waals surface area contributed by atoms with E-state index >= 15 is 0 Å². The van der Waals surface area contributed by atoms with E-state index in [9.17, 15) is 0 Å². The van der Waals surface area contributed by atoms with Crippen LogP contribution in [0.15, 0.2) is 10.9 Å². The predicted molar refractivity (Wildman–Crippen MR) is 34.8 cm³/mol. The molecule has 0 fully saturated rings. The van der Waals surface area contributed by atoms with Crippen LogP contribution >= 0.6 is 0 Å². The normalized spacial score (nSPS) is 9.10. The molecule has 0 atom stereocenters. The highest BCUT2D eigenvalue weighted by Crippen LogP contribution is 1.87. The van der Waals surface area contributed by atoms with E-state index in [2.05, 4.69) is 25.9 Å². The fourth-order valence-corrected chi connectivity index (χ4v) is 0.515. The van der Waals surface area contributed by atoms with E-state index in [1.165, 1.54) is 6.33 Å². The number of terminal acetylenes is 1. The predicted octanol–water partition coefficient (Wildman–Crippen LogP) is -0.208. The Labute approximate surface area is 58.6 Å². The number of hydrogen-bond donors (Lipinski definition) is 1. The minimum Gasteiger partial charge on any atom is -0.338 e. The molecule has 1 heterocycles. The molecule has 0 aromatic carbocycles. The average Bonchev–Trinajstić information content (AvgIpc) is 2.41. The summed E-state index contributed by atoms with van der Waals surface area (Å²) in [6, 6.07) is 0. The molecule has 0 saturated heterocycles. The van der Waals surface area contributed by atoms with E-state index < -0.39 is 0 Å². The van der Waals surface area contributed by atoms with Crippen LogP contribution in [0.1, 0.15) is 5.89 Å². The standard InChI is InChI=1S/C6H7N3O/c1-2-3-7-4-6-8-5-9-10-6/h1,5,7H,3-4H2. The van der Waals surface area contributed by atoms with E-state index in [-0.39, 0.29) is 0 Å². The molecule has 10 heavy (non-hydrogen) atoms. The topological polar surface area (TPSA) is 51.0 Å². The third kappa shape index (κ3) is 1.88. The molecule has 0 aliphatic rings. The minimum atomic E-state index is 0.516. The summed E-state index contributed by atoms with van der Waals surface area (Å²) in [5.41, 5.74) is 0. The Balaban J connectivity index is 2.23. The lowest BCUT2D eigenvalue weighted by molar-refractivity contribution is 0.369. The van der Waals surface area contributed by atoms with Gasteiger partial charge < -0.3 is 4.52 Å². The molecule has 0 saturated carbocycles. The van der Waals surface area contributed by atoms with Gasteiger partial charge >= 0.3 is 0 Å². The number of nitrogens with zero attached hydrogens (tertiary/aromatic N) is 2. The van der Waals surface area contributed by atoms with E-state index in [1.807, 2.05) is 0 Å². The fraction of sp³-hybridized carbons (Fsp3) is 0.333. The molecule has 4 heteroatoms. The maximum Gasteiger partial charge on any atom is 0.240 e. The molecule has 0 amide bonds. The summed E-state index contributed by atoms with van der Waals surface area (Å²) in [5, 5.41) is 6.33. The Hall–Kier alpha value is -1.34. The molecule has 1 rings (SSSR count). The molecular weight excluding hydrogens is 130 g/mol. The summed E-state index contributed by atoms with van der Waals surface area (Å²) in [6.45, 7) is 1.05. The second-order valence-corrected chi connectivity index (χ2v) is 1.64. The maximum atomic E-state index is 4.99. The van der Waals surface area contributed by atoms with Crippen LogP contribution in [0.2, 0.25) is 0 Å². The number of nitrogens with one attached hydrogen (secondary N) is 1. The van der Waals surface area contributed by atoms with E-state index in [1.54, 1.807) is 0 Å². The summed E-state index contributed by atoms with van der Waals surface area (Å²) in [7, 11) is 0. The fourth-order valence-electron chi connectivity index (χ4n) is 0.515. The van der Waals surface area contributed by atoms with Gasteiger partial charge in [-0.1, -0.05) is 11.1 Å². The molecule has 1 N–H and O–H groups in total. The summed E-state index contributed by atoms with van der Waals surface area (Å²) in [6.07, 6.45) is 6.34. The molecule has 0 aliphatic carbocycles. The molecule has 0 spiro atoms. The molecule has 0 aliphatic heterocycles. The molecule has 1 aromatic heterocycles. The molecule has 0 bridgehead atoms. The summed E-state index contributed by atoms with van der Waals surface area (Å²) in [5.74, 6) is 2.98. The molecule has 4 nitrogen and oxygen atoms in total. The van der Waals surface area contributed by atoms with E-state index in [0.717, 1.165) is 0 Å². The highest BCUT2D eigenvalue weighted by Gasteiger charge is 1.94. The first-order valence-electron chi connectivity index (χ1n) is 2.83. The lowest BCUT2D eigenvalue weighted by Gasteiger charge is -1.91. The van der Waals surface area contributed by atoms with Crippen molar-refractivity contribution in [2.45, 2.75) is 6.54 Å². The second-order valence-electron chi connectivity index (χ2n) is 1.64. The van der Waals surface area contributed by atoms with Crippen LogP contribution in [-0.2, 0) is 6.54 Å². The van der Waals surface area contributed by atoms with Crippen molar-refractivity contribution in [1.82, 2.24) is 15.5 Å². The van der Waals surface area contributed by atoms with Gasteiger partial charge in [0.25, 0.3) is 0 Å². The first kappa shape index (κ1) is 6.78. The first-order valence-corrected chi connectivity index (χ1v) is 2.83. The Morgan fingerprint density at radius 2 is 2.70 bits per heavy atom. The SMILES string of the molecule is C#CCNCc1ncno1. The lowest BCUT2D eigenvalue weighted by atomic mass is 10.6. The monoisotopic (exact) mass is 137 g/mol. The van der Waals surface area contributed by atoms with Crippen molar-refractivity contribution in [3.63, 3.8) is 0 Å². The van der Waals surface area contributed by atoms with Crippen LogP contribution in [0.25, 0.3) is 0 Å². The van der Waals surface area contributed by atoms with E-state index in [0.29, 0.717) is 19.0 Å². The number of hydrogen-bond acceptors (Lipinski definition) is 4. The van der Waals surface area contributed by atoms with Gasteiger partial charge in [0.05, 0.1) is 13.1 Å². The highest BCUT2D eigenvalue weighted by molar-refractivity contribution is 4.87. The van der Waals surface area contributed by atoms with Gasteiger partial charge in [-0.25, -0.2) is 0 Å². The molecular formula is C6H7N3O. The highest BCUT2D eigenvalue weighted by atomic mass is 16.5. The van der Waals surface area contributed by atoms with Crippen molar-refractivity contribution >= 4 is 0 Å². The van der Waals surface area contributed by atoms with Crippen molar-refractivity contribution in [3.8, 4) is 12.3 Å². The van der Waals surface area contributed by atoms with Gasteiger partial charge in [0.1, 0.15) is 0 Å². The first-order chi connectivity index (χ1) is 4.93. The van der Waals surface area contributed by atoms with Crippen molar-refractivity contribution in [2.24, 2.45) is 0 Å². The Morgan fingerprint density at radius 3 is 3.30 bits per heavy atom. The smallest absolute Gasteiger partial charge is 0.240 e. The van der Waals surface area contributed by atoms with Gasteiger partial charge in [-0.15, -0.1) is 6.42 Å². The van der Waals surface area contributed by atoms with Gasteiger partial charge in [0, 0.05) is 0 Å². The van der Waals surface area contributed by atoms with Crippen LogP contribution in [0.4, 0.5) is 0 Å². The summed E-state index contributed by atoms with van der Waals surface area (Å²) in [4.78, 5) is 3.78. The van der Waals surface area contributed by atoms with Crippen molar-refractivity contribution in [3.05, 3.63) is 12.2 Å². The number of rotatable bonds is 3. The van der Waals surface area contributed by atoms with Gasteiger partial charge in [-0.05, 0) is 0 Å². The van der Waals surface area contributed by atoms with Gasteiger partial charge in [-0.2, -0.15) is 4.98 Å². The third-order valence-electron chi connectivity index (χ3n) is 0.910. The van der Waals surface area contributed by atoms with Gasteiger partial charge in [-0.3, -0.25) is 5.32 Å². The second kappa shape index (κ2) is 3.64. The zero-order valence-electron chi connectivity index (χ0n) is 5.37. The quantitative estimate of drug-likeness (QED) is 0.462. The largest absolute Gasteiger partial charge is 0.338 e. The van der Waals surface area contributed by atoms with Crippen molar-refractivity contribution in [2.75, 3.05) is 6.54 Å². The van der Waals surface area contributed by atoms with Gasteiger partial charge in [0.15, 0.2) is 6.33 Å². The third-order valence-corrected chi connectivity index (χ3v) is 0.910. The molecule has 52 valence electrons. The summed E-state index contributed by atoms with van der Waals surface area (Å²) >= 11 is 0. The average molecular weight is 137 g/mol. The Morgan fingerprint density at radius 1 is 1.80 bits per heavy atom. The van der Waals surface area contributed by atoms with E-state index in [4.69, 9.17) is 6.42 Å². The maximum absolute atomic E-state index is 4.99. The van der Waals surface area contributed by atoms with Crippen molar-refractivity contribution < 1.29 is 4.52 Å². The molecule has 0 radical (unpaired) electrons. The minimum absolute atomic E-state index is 0.516.